The molecule has 0 aromatic heterocycles. The summed E-state index contributed by atoms with van der Waals surface area (Å²) in [6.07, 6.45) is 3.99. The molecule has 2 aromatic carbocycles. The van der Waals surface area contributed by atoms with Crippen LogP contribution in [-0.4, -0.2) is 31.8 Å². The minimum absolute atomic E-state index is 0.355. The molecule has 0 heterocycles. The van der Waals surface area contributed by atoms with Gasteiger partial charge in [-0.3, -0.25) is 4.79 Å². The highest BCUT2D eigenvalue weighted by atomic mass is 16.5. The van der Waals surface area contributed by atoms with Gasteiger partial charge in [0.25, 0.3) is 0 Å². The van der Waals surface area contributed by atoms with Crippen molar-refractivity contribution in [3.63, 3.8) is 0 Å². The van der Waals surface area contributed by atoms with E-state index in [4.69, 9.17) is 9.47 Å². The Bertz CT molecular complexity index is 895. The number of rotatable bonds is 7. The van der Waals surface area contributed by atoms with E-state index < -0.39 is 5.97 Å². The van der Waals surface area contributed by atoms with E-state index in [1.54, 1.807) is 57.7 Å². The summed E-state index contributed by atoms with van der Waals surface area (Å²) < 4.78 is 10.2. The predicted octanol–water partition coefficient (Wildman–Crippen LogP) is 4.39. The van der Waals surface area contributed by atoms with E-state index in [1.807, 2.05) is 24.3 Å². The average molecular weight is 392 g/mol. The lowest BCUT2D eigenvalue weighted by Crippen LogP contribution is -2.07. The molecule has 0 spiro atoms. The molecule has 0 saturated heterocycles. The van der Waals surface area contributed by atoms with Gasteiger partial charge in [0, 0.05) is 5.57 Å². The van der Waals surface area contributed by atoms with Crippen LogP contribution in [0.15, 0.2) is 83.0 Å². The highest BCUT2D eigenvalue weighted by molar-refractivity contribution is 5.89. The molecule has 0 radical (unpaired) electrons. The summed E-state index contributed by atoms with van der Waals surface area (Å²) in [7, 11) is 1.62. The summed E-state index contributed by atoms with van der Waals surface area (Å²) in [5, 5.41) is 7.98. The molecule has 0 atom stereocenters. The van der Waals surface area contributed by atoms with Crippen LogP contribution < -0.4 is 9.47 Å². The molecule has 0 aliphatic rings. The smallest absolute Gasteiger partial charge is 0.338 e. The number of esters is 1. The number of hydrogen-bond acceptors (Lipinski definition) is 6. The first-order chi connectivity index (χ1) is 13.8. The zero-order chi connectivity index (χ0) is 21.6. The molecule has 2 aromatic rings. The molecule has 6 nitrogen and oxygen atoms in total. The van der Waals surface area contributed by atoms with Crippen LogP contribution in [0.4, 0.5) is 0 Å². The number of carbonyl (C=O) groups excluding carboxylic acids is 2. The van der Waals surface area contributed by atoms with Gasteiger partial charge in [0.2, 0.25) is 0 Å². The second-order valence-electron chi connectivity index (χ2n) is 5.97. The fourth-order valence-corrected chi connectivity index (χ4v) is 1.71. The minimum atomic E-state index is -0.444. The molecule has 0 saturated carbocycles. The van der Waals surface area contributed by atoms with Crippen LogP contribution in [0.3, 0.4) is 0 Å². The molecule has 0 fully saturated rings. The third kappa shape index (κ3) is 9.63. The van der Waals surface area contributed by atoms with Crippen molar-refractivity contribution in [2.75, 3.05) is 7.11 Å². The number of benzene rings is 2. The summed E-state index contributed by atoms with van der Waals surface area (Å²) in [6.45, 7) is 10.1. The van der Waals surface area contributed by atoms with Crippen molar-refractivity contribution in [1.82, 2.24) is 0 Å². The van der Waals surface area contributed by atoms with E-state index in [-0.39, 0.29) is 0 Å². The van der Waals surface area contributed by atoms with Crippen LogP contribution in [0.5, 0.6) is 11.5 Å². The van der Waals surface area contributed by atoms with E-state index in [1.165, 1.54) is 0 Å². The monoisotopic (exact) mass is 392 g/mol. The first-order valence-electron chi connectivity index (χ1n) is 8.64. The Morgan fingerprint density at radius 1 is 0.862 bits per heavy atom. The van der Waals surface area contributed by atoms with Crippen LogP contribution in [0.2, 0.25) is 0 Å². The van der Waals surface area contributed by atoms with Gasteiger partial charge in [-0.1, -0.05) is 13.2 Å². The van der Waals surface area contributed by atoms with Gasteiger partial charge in [-0.2, -0.15) is 10.2 Å². The van der Waals surface area contributed by atoms with Gasteiger partial charge in [0.05, 0.1) is 19.5 Å². The van der Waals surface area contributed by atoms with Crippen LogP contribution in [0.25, 0.3) is 0 Å². The number of nitrogens with zero attached hydrogens (tertiary/aromatic N) is 2. The maximum atomic E-state index is 11.4. The quantitative estimate of drug-likeness (QED) is 0.175. The number of carbonyl (C=O) groups is 2. The number of methoxy groups -OCH3 is 1. The lowest BCUT2D eigenvalue weighted by molar-refractivity contribution is -0.130. The molecular weight excluding hydrogens is 368 g/mol. The summed E-state index contributed by atoms with van der Waals surface area (Å²) in [5.41, 5.74) is 2.70. The molecule has 0 unspecified atom stereocenters. The third-order valence-corrected chi connectivity index (χ3v) is 3.24. The van der Waals surface area contributed by atoms with Crippen molar-refractivity contribution < 1.29 is 19.1 Å². The Balaban J connectivity index is 0.000000749. The van der Waals surface area contributed by atoms with Crippen molar-refractivity contribution in [2.24, 2.45) is 10.2 Å². The maximum Gasteiger partial charge on any atom is 0.338 e. The van der Waals surface area contributed by atoms with Gasteiger partial charge in [0.15, 0.2) is 0 Å². The topological polar surface area (TPSA) is 77.3 Å². The Labute approximate surface area is 170 Å². The van der Waals surface area contributed by atoms with E-state index in [9.17, 15) is 9.59 Å². The zero-order valence-corrected chi connectivity index (χ0v) is 16.8. The molecule has 0 aliphatic heterocycles. The Morgan fingerprint density at radius 3 is 1.62 bits per heavy atom. The fraction of sp³-hybridized carbons (Fsp3) is 0.130. The van der Waals surface area contributed by atoms with E-state index in [0.717, 1.165) is 23.2 Å². The first kappa shape index (κ1) is 23.2. The van der Waals surface area contributed by atoms with E-state index >= 15 is 0 Å². The summed E-state index contributed by atoms with van der Waals surface area (Å²) in [5.74, 6) is 0.811. The van der Waals surface area contributed by atoms with Gasteiger partial charge < -0.3 is 9.47 Å². The first-order valence-corrected chi connectivity index (χ1v) is 8.64. The Hall–Kier alpha value is -3.80. The van der Waals surface area contributed by atoms with Crippen LogP contribution in [0, 0.1) is 0 Å². The highest BCUT2D eigenvalue weighted by Crippen LogP contribution is 2.13. The van der Waals surface area contributed by atoms with Crippen molar-refractivity contribution >= 4 is 24.7 Å². The number of ether oxygens (including phenoxy) is 2. The van der Waals surface area contributed by atoms with Crippen molar-refractivity contribution in [3.8, 4) is 11.5 Å². The lowest BCUT2D eigenvalue weighted by Gasteiger charge is -2.03. The van der Waals surface area contributed by atoms with Crippen LogP contribution >= 0.6 is 0 Å². The largest absolute Gasteiger partial charge is 0.497 e. The van der Waals surface area contributed by atoms with E-state index in [0.29, 0.717) is 16.9 Å². The van der Waals surface area contributed by atoms with Gasteiger partial charge in [-0.05, 0) is 79.1 Å². The van der Waals surface area contributed by atoms with Crippen molar-refractivity contribution in [1.29, 1.82) is 0 Å². The summed E-state index contributed by atoms with van der Waals surface area (Å²) >= 11 is 0. The molecule has 150 valence electrons. The molecule has 0 N–H and O–H groups in total. The molecule has 29 heavy (non-hydrogen) atoms. The zero-order valence-electron chi connectivity index (χ0n) is 16.8. The number of aldehydes is 1. The number of hydrogen-bond donors (Lipinski definition) is 0. The lowest BCUT2D eigenvalue weighted by atomic mass is 10.2. The summed E-state index contributed by atoms with van der Waals surface area (Å²) in [6, 6.07) is 14.4. The maximum absolute atomic E-state index is 11.4. The molecule has 0 aliphatic carbocycles. The number of allylic oxidation sites excluding steroid dienone is 1. The molecule has 2 rings (SSSR count). The van der Waals surface area contributed by atoms with Crippen LogP contribution in [0.1, 0.15) is 25.0 Å². The van der Waals surface area contributed by atoms with Crippen molar-refractivity contribution in [3.05, 3.63) is 84.0 Å². The average Bonchev–Trinajstić information content (AvgIpc) is 2.73. The van der Waals surface area contributed by atoms with Crippen molar-refractivity contribution in [2.45, 2.75) is 13.8 Å². The second kappa shape index (κ2) is 12.6. The normalized spacial score (nSPS) is 10.2. The molecule has 0 bridgehead atoms. The third-order valence-electron chi connectivity index (χ3n) is 3.24. The molecule has 0 amide bonds. The van der Waals surface area contributed by atoms with Gasteiger partial charge in [-0.25, -0.2) is 4.79 Å². The summed E-state index contributed by atoms with van der Waals surface area (Å²) in [4.78, 5) is 20.8. The molecule has 6 heteroatoms. The fourth-order valence-electron chi connectivity index (χ4n) is 1.71. The van der Waals surface area contributed by atoms with E-state index in [2.05, 4.69) is 23.4 Å². The second-order valence-corrected chi connectivity index (χ2v) is 5.97. The van der Waals surface area contributed by atoms with Gasteiger partial charge in [0.1, 0.15) is 17.8 Å². The molecular formula is C23H24N2O4. The predicted molar refractivity (Wildman–Crippen MR) is 116 cm³/mol. The van der Waals surface area contributed by atoms with Gasteiger partial charge in [-0.15, -0.1) is 0 Å². The Morgan fingerprint density at radius 2 is 1.28 bits per heavy atom. The SMILES string of the molecule is C=C(C)C(=O)Oc1ccc(/C=N/N=C/c2ccc(OC)cc2)cc1.C=C(C)C=O. The standard InChI is InChI=1S/C19H18N2O3.C4H6O/c1-14(2)19(22)24-18-10-6-16(7-11-18)13-21-20-12-15-4-8-17(23-3)9-5-15;1-4(2)3-5/h4-13H,1H2,2-3H3;3H,1H2,2H3/b20-12+,21-13+;. The Kier molecular flexibility index (Phi) is 10.1. The van der Waals surface area contributed by atoms with Crippen LogP contribution in [-0.2, 0) is 9.59 Å². The minimum Gasteiger partial charge on any atom is -0.497 e. The van der Waals surface area contributed by atoms with Gasteiger partial charge >= 0.3 is 5.97 Å². The highest BCUT2D eigenvalue weighted by Gasteiger charge is 2.04.